The van der Waals surface area contributed by atoms with Crippen LogP contribution in [0.5, 0.6) is 0 Å². The number of anilines is 1. The van der Waals surface area contributed by atoms with Gasteiger partial charge in [-0.25, -0.2) is 0 Å². The molecule has 0 heterocycles. The van der Waals surface area contributed by atoms with Gasteiger partial charge < -0.3 is 10.2 Å². The highest BCUT2D eigenvalue weighted by molar-refractivity contribution is 8.00. The van der Waals surface area contributed by atoms with Crippen LogP contribution >= 0.6 is 11.8 Å². The number of carbonyl (C=O) groups excluding carboxylic acids is 2. The van der Waals surface area contributed by atoms with E-state index in [2.05, 4.69) is 5.32 Å². The molecule has 0 saturated carbocycles. The van der Waals surface area contributed by atoms with E-state index in [9.17, 15) is 22.8 Å². The average molecular weight is 396 g/mol. The lowest BCUT2D eigenvalue weighted by atomic mass is 10.2. The smallest absolute Gasteiger partial charge is 0.336 e. The highest BCUT2D eigenvalue weighted by Gasteiger charge is 2.30. The summed E-state index contributed by atoms with van der Waals surface area (Å²) in [5.41, 5.74) is 0.933. The molecule has 8 heteroatoms. The molecule has 0 radical (unpaired) electrons. The Labute approximate surface area is 159 Å². The van der Waals surface area contributed by atoms with Crippen LogP contribution in [0.4, 0.5) is 18.9 Å². The van der Waals surface area contributed by atoms with Crippen molar-refractivity contribution in [2.45, 2.75) is 18.0 Å². The molecule has 0 fully saturated rings. The van der Waals surface area contributed by atoms with Crippen LogP contribution in [0.15, 0.2) is 53.4 Å². The van der Waals surface area contributed by atoms with E-state index >= 15 is 0 Å². The Morgan fingerprint density at radius 2 is 1.78 bits per heavy atom. The summed E-state index contributed by atoms with van der Waals surface area (Å²) in [4.78, 5) is 25.7. The number of carbonyl (C=O) groups is 2. The molecule has 2 amide bonds. The molecule has 0 saturated heterocycles. The molecule has 2 aromatic rings. The molecule has 0 aliphatic rings. The van der Waals surface area contributed by atoms with Gasteiger partial charge in [-0.15, -0.1) is 11.8 Å². The first-order valence-corrected chi connectivity index (χ1v) is 9.04. The topological polar surface area (TPSA) is 49.4 Å². The number of alkyl halides is 3. The lowest BCUT2D eigenvalue weighted by molar-refractivity contribution is -0.137. The Bertz CT molecular complexity index is 807. The van der Waals surface area contributed by atoms with Gasteiger partial charge in [-0.05, 0) is 37.3 Å². The maximum atomic E-state index is 12.7. The summed E-state index contributed by atoms with van der Waals surface area (Å²) in [5, 5.41) is 2.69. The van der Waals surface area contributed by atoms with E-state index in [4.69, 9.17) is 0 Å². The van der Waals surface area contributed by atoms with Crippen LogP contribution in [0.1, 0.15) is 11.1 Å². The monoisotopic (exact) mass is 396 g/mol. The molecule has 27 heavy (non-hydrogen) atoms. The molecule has 0 atom stereocenters. The maximum absolute atomic E-state index is 12.7. The number of hydrogen-bond donors (Lipinski definition) is 1. The van der Waals surface area contributed by atoms with E-state index < -0.39 is 11.7 Å². The van der Waals surface area contributed by atoms with Gasteiger partial charge in [-0.2, -0.15) is 13.2 Å². The van der Waals surface area contributed by atoms with Crippen molar-refractivity contribution < 1.29 is 22.8 Å². The van der Waals surface area contributed by atoms with Gasteiger partial charge in [0.2, 0.25) is 11.8 Å². The second-order valence-electron chi connectivity index (χ2n) is 5.98. The molecule has 0 unspecified atom stereocenters. The SMILES string of the molecule is Cc1ccc(NC(=O)CN(C)C(=O)CSc2cccc(C(F)(F)F)c2)cc1. The van der Waals surface area contributed by atoms with Crippen molar-refractivity contribution in [2.24, 2.45) is 0 Å². The number of thioether (sulfide) groups is 1. The van der Waals surface area contributed by atoms with E-state index in [0.29, 0.717) is 10.6 Å². The molecule has 4 nitrogen and oxygen atoms in total. The molecule has 2 rings (SSSR count). The molecule has 1 N–H and O–H groups in total. The van der Waals surface area contributed by atoms with Crippen molar-refractivity contribution in [3.63, 3.8) is 0 Å². The Hall–Kier alpha value is -2.48. The average Bonchev–Trinajstić information content (AvgIpc) is 2.61. The molecule has 0 spiro atoms. The van der Waals surface area contributed by atoms with Crippen LogP contribution in [0.25, 0.3) is 0 Å². The molecule has 2 aromatic carbocycles. The number of nitrogens with zero attached hydrogens (tertiary/aromatic N) is 1. The van der Waals surface area contributed by atoms with Crippen molar-refractivity contribution in [3.8, 4) is 0 Å². The molecular weight excluding hydrogens is 377 g/mol. The zero-order chi connectivity index (χ0) is 20.0. The Balaban J connectivity index is 1.85. The minimum Gasteiger partial charge on any atom is -0.336 e. The number of benzene rings is 2. The number of likely N-dealkylation sites (N-methyl/N-ethyl adjacent to an activating group) is 1. The van der Waals surface area contributed by atoms with Crippen LogP contribution < -0.4 is 5.32 Å². The Kier molecular flexibility index (Phi) is 6.90. The van der Waals surface area contributed by atoms with Gasteiger partial charge in [-0.3, -0.25) is 9.59 Å². The molecule has 0 aromatic heterocycles. The normalized spacial score (nSPS) is 11.1. The Morgan fingerprint density at radius 1 is 1.11 bits per heavy atom. The van der Waals surface area contributed by atoms with Crippen LogP contribution in [0.2, 0.25) is 0 Å². The number of hydrogen-bond acceptors (Lipinski definition) is 3. The summed E-state index contributed by atoms with van der Waals surface area (Å²) in [6, 6.07) is 12.0. The van der Waals surface area contributed by atoms with Crippen molar-refractivity contribution in [3.05, 3.63) is 59.7 Å². The number of halogens is 3. The van der Waals surface area contributed by atoms with Gasteiger partial charge >= 0.3 is 6.18 Å². The molecule has 0 bridgehead atoms. The molecular formula is C19H19F3N2O2S. The zero-order valence-corrected chi connectivity index (χ0v) is 15.7. The van der Waals surface area contributed by atoms with Crippen molar-refractivity contribution >= 4 is 29.3 Å². The quantitative estimate of drug-likeness (QED) is 0.745. The van der Waals surface area contributed by atoms with E-state index in [0.717, 1.165) is 29.5 Å². The van der Waals surface area contributed by atoms with Crippen LogP contribution in [0, 0.1) is 6.92 Å². The highest BCUT2D eigenvalue weighted by atomic mass is 32.2. The summed E-state index contributed by atoms with van der Waals surface area (Å²) in [7, 11) is 1.48. The third kappa shape index (κ3) is 6.63. The second kappa shape index (κ2) is 8.94. The van der Waals surface area contributed by atoms with E-state index in [1.165, 1.54) is 24.1 Å². The summed E-state index contributed by atoms with van der Waals surface area (Å²) in [6.45, 7) is 1.79. The van der Waals surface area contributed by atoms with Gasteiger partial charge in [0.1, 0.15) is 0 Å². The molecule has 0 aliphatic heterocycles. The van der Waals surface area contributed by atoms with Gasteiger partial charge in [0.05, 0.1) is 17.9 Å². The van der Waals surface area contributed by atoms with Crippen LogP contribution in [-0.4, -0.2) is 36.1 Å². The predicted octanol–water partition coefficient (Wildman–Crippen LogP) is 4.20. The fraction of sp³-hybridized carbons (Fsp3) is 0.263. The van der Waals surface area contributed by atoms with Gasteiger partial charge in [0.25, 0.3) is 0 Å². The third-order valence-electron chi connectivity index (χ3n) is 3.67. The second-order valence-corrected chi connectivity index (χ2v) is 7.03. The number of nitrogens with one attached hydrogen (secondary N) is 1. The van der Waals surface area contributed by atoms with Crippen LogP contribution in [-0.2, 0) is 15.8 Å². The fourth-order valence-electron chi connectivity index (χ4n) is 2.16. The summed E-state index contributed by atoms with van der Waals surface area (Å²) < 4.78 is 38.1. The van der Waals surface area contributed by atoms with Gasteiger partial charge in [0, 0.05) is 17.6 Å². The van der Waals surface area contributed by atoms with Gasteiger partial charge in [0.15, 0.2) is 0 Å². The third-order valence-corrected chi connectivity index (χ3v) is 4.64. The minimum absolute atomic E-state index is 0.0599. The highest BCUT2D eigenvalue weighted by Crippen LogP contribution is 2.31. The zero-order valence-electron chi connectivity index (χ0n) is 14.8. The van der Waals surface area contributed by atoms with Crippen molar-refractivity contribution in [1.82, 2.24) is 4.90 Å². The predicted molar refractivity (Wildman–Crippen MR) is 99.6 cm³/mol. The van der Waals surface area contributed by atoms with Crippen LogP contribution in [0.3, 0.4) is 0 Å². The summed E-state index contributed by atoms with van der Waals surface area (Å²) >= 11 is 0.997. The standard InChI is InChI=1S/C19H19F3N2O2S/c1-13-6-8-15(9-7-13)23-17(25)11-24(2)18(26)12-27-16-5-3-4-14(10-16)19(20,21)22/h3-10H,11-12H2,1-2H3,(H,23,25). The first-order valence-electron chi connectivity index (χ1n) is 8.05. The number of rotatable bonds is 6. The Morgan fingerprint density at radius 3 is 2.41 bits per heavy atom. The van der Waals surface area contributed by atoms with E-state index in [1.807, 2.05) is 19.1 Å². The van der Waals surface area contributed by atoms with E-state index in [-0.39, 0.29) is 24.1 Å². The fourth-order valence-corrected chi connectivity index (χ4v) is 3.05. The first-order chi connectivity index (χ1) is 12.6. The summed E-state index contributed by atoms with van der Waals surface area (Å²) in [6.07, 6.45) is -4.43. The molecule has 0 aliphatic carbocycles. The van der Waals surface area contributed by atoms with Gasteiger partial charge in [-0.1, -0.05) is 23.8 Å². The van der Waals surface area contributed by atoms with E-state index in [1.54, 1.807) is 12.1 Å². The minimum atomic E-state index is -4.43. The molecule has 144 valence electrons. The number of amides is 2. The van der Waals surface area contributed by atoms with Crippen molar-refractivity contribution in [2.75, 3.05) is 24.7 Å². The lowest BCUT2D eigenvalue weighted by Gasteiger charge is -2.17. The maximum Gasteiger partial charge on any atom is 0.416 e. The lowest BCUT2D eigenvalue weighted by Crippen LogP contribution is -2.35. The largest absolute Gasteiger partial charge is 0.416 e. The summed E-state index contributed by atoms with van der Waals surface area (Å²) in [5.74, 6) is -0.759. The first kappa shape index (κ1) is 20.8. The number of aryl methyl sites for hydroxylation is 1. The van der Waals surface area contributed by atoms with Crippen molar-refractivity contribution in [1.29, 1.82) is 0 Å².